The highest BCUT2D eigenvalue weighted by molar-refractivity contribution is 5.80. The molecule has 5 nitrogen and oxygen atoms in total. The second-order valence-corrected chi connectivity index (χ2v) is 7.59. The minimum atomic E-state index is -0.216. The van der Waals surface area contributed by atoms with E-state index in [1.165, 1.54) is 5.56 Å². The lowest BCUT2D eigenvalue weighted by Gasteiger charge is -2.40. The lowest BCUT2D eigenvalue weighted by atomic mass is 9.97. The summed E-state index contributed by atoms with van der Waals surface area (Å²) in [7, 11) is 0. The molecule has 0 aromatic heterocycles. The summed E-state index contributed by atoms with van der Waals surface area (Å²) in [5, 5.41) is 0. The second-order valence-electron chi connectivity index (χ2n) is 7.59. The molecule has 0 radical (unpaired) electrons. The second kappa shape index (κ2) is 11.8. The summed E-state index contributed by atoms with van der Waals surface area (Å²) in [5.41, 5.74) is 1.33. The quantitative estimate of drug-likeness (QED) is 0.571. The van der Waals surface area contributed by atoms with Gasteiger partial charge in [-0.2, -0.15) is 0 Å². The van der Waals surface area contributed by atoms with E-state index in [-0.39, 0.29) is 30.3 Å². The number of nitrogens with zero attached hydrogens (tertiary/aromatic N) is 2. The summed E-state index contributed by atoms with van der Waals surface area (Å²) in [6, 6.07) is 10.7. The summed E-state index contributed by atoms with van der Waals surface area (Å²) in [6.45, 7) is 9.71. The highest BCUT2D eigenvalue weighted by Crippen LogP contribution is 2.22. The first-order chi connectivity index (χ1) is 13.6. The predicted molar refractivity (Wildman–Crippen MR) is 112 cm³/mol. The van der Waals surface area contributed by atoms with E-state index in [9.17, 15) is 9.59 Å². The number of likely N-dealkylation sites (tertiary alicyclic amines) is 1. The minimum absolute atomic E-state index is 0.0459. The molecule has 1 aromatic rings. The molecule has 2 rings (SSSR count). The van der Waals surface area contributed by atoms with E-state index in [4.69, 9.17) is 4.74 Å². The molecule has 28 heavy (non-hydrogen) atoms. The first kappa shape index (κ1) is 22.4. The standard InChI is InChI=1S/C23H36N2O3/c1-4-20(5-2)23(27)25(17-14-22(26)28-6-3)21-12-15-24(16-13-21)18-19-10-8-7-9-11-19/h7-11,20-21H,4-6,12-18H2,1-3H3. The van der Waals surface area contributed by atoms with E-state index in [0.29, 0.717) is 13.2 Å². The largest absolute Gasteiger partial charge is 0.466 e. The van der Waals surface area contributed by atoms with E-state index in [1.807, 2.05) is 17.9 Å². The molecule has 1 aliphatic heterocycles. The van der Waals surface area contributed by atoms with Crippen molar-refractivity contribution in [2.24, 2.45) is 5.92 Å². The maximum atomic E-state index is 13.1. The number of piperidine rings is 1. The molecule has 0 unspecified atom stereocenters. The normalized spacial score (nSPS) is 15.6. The zero-order chi connectivity index (χ0) is 20.4. The fourth-order valence-corrected chi connectivity index (χ4v) is 4.02. The van der Waals surface area contributed by atoms with Crippen molar-refractivity contribution in [1.82, 2.24) is 9.80 Å². The molecule has 0 atom stereocenters. The average Bonchev–Trinajstić information content (AvgIpc) is 2.71. The van der Waals surface area contributed by atoms with Crippen molar-refractivity contribution in [3.63, 3.8) is 0 Å². The topological polar surface area (TPSA) is 49.9 Å². The number of amides is 1. The van der Waals surface area contributed by atoms with Crippen molar-refractivity contribution in [2.45, 2.75) is 65.5 Å². The van der Waals surface area contributed by atoms with E-state index >= 15 is 0 Å². The van der Waals surface area contributed by atoms with E-state index in [2.05, 4.69) is 43.0 Å². The SMILES string of the molecule is CCOC(=O)CCN(C(=O)C(CC)CC)C1CCN(Cc2ccccc2)CC1. The molecule has 5 heteroatoms. The van der Waals surface area contributed by atoms with Crippen molar-refractivity contribution in [2.75, 3.05) is 26.2 Å². The number of carbonyl (C=O) groups excluding carboxylic acids is 2. The number of ether oxygens (including phenoxy) is 1. The van der Waals surface area contributed by atoms with E-state index in [1.54, 1.807) is 0 Å². The van der Waals surface area contributed by atoms with Crippen LogP contribution in [0.4, 0.5) is 0 Å². The maximum absolute atomic E-state index is 13.1. The van der Waals surface area contributed by atoms with Crippen molar-refractivity contribution >= 4 is 11.9 Å². The zero-order valence-corrected chi connectivity index (χ0v) is 17.7. The van der Waals surface area contributed by atoms with Gasteiger partial charge in [-0.15, -0.1) is 0 Å². The summed E-state index contributed by atoms with van der Waals surface area (Å²) in [6.07, 6.45) is 3.89. The third-order valence-corrected chi connectivity index (χ3v) is 5.73. The summed E-state index contributed by atoms with van der Waals surface area (Å²) >= 11 is 0. The van der Waals surface area contributed by atoms with Gasteiger partial charge in [0.15, 0.2) is 0 Å². The Bertz CT molecular complexity index is 593. The monoisotopic (exact) mass is 388 g/mol. The highest BCUT2D eigenvalue weighted by atomic mass is 16.5. The number of benzene rings is 1. The molecule has 1 amide bonds. The van der Waals surface area contributed by atoms with Crippen LogP contribution in [0.5, 0.6) is 0 Å². The summed E-state index contributed by atoms with van der Waals surface area (Å²) < 4.78 is 5.07. The van der Waals surface area contributed by atoms with Crippen LogP contribution in [0, 0.1) is 5.92 Å². The zero-order valence-electron chi connectivity index (χ0n) is 17.7. The van der Waals surface area contributed by atoms with Crippen molar-refractivity contribution < 1.29 is 14.3 Å². The van der Waals surface area contributed by atoms with Gasteiger partial charge in [-0.1, -0.05) is 44.2 Å². The Balaban J connectivity index is 1.96. The van der Waals surface area contributed by atoms with Crippen LogP contribution in [0.25, 0.3) is 0 Å². The van der Waals surface area contributed by atoms with Crippen molar-refractivity contribution in [1.29, 1.82) is 0 Å². The van der Waals surface area contributed by atoms with Crippen LogP contribution in [0.15, 0.2) is 30.3 Å². The third-order valence-electron chi connectivity index (χ3n) is 5.73. The molecule has 1 heterocycles. The first-order valence-corrected chi connectivity index (χ1v) is 10.8. The Labute approximate surface area is 170 Å². The van der Waals surface area contributed by atoms with Crippen molar-refractivity contribution in [3.05, 3.63) is 35.9 Å². The summed E-state index contributed by atoms with van der Waals surface area (Å²) in [4.78, 5) is 29.4. The fraction of sp³-hybridized carbons (Fsp3) is 0.652. The van der Waals surface area contributed by atoms with Crippen LogP contribution in [0.2, 0.25) is 0 Å². The van der Waals surface area contributed by atoms with E-state index < -0.39 is 0 Å². The Morgan fingerprint density at radius 3 is 2.32 bits per heavy atom. The number of rotatable bonds is 10. The molecule has 0 spiro atoms. The average molecular weight is 389 g/mol. The molecule has 0 aliphatic carbocycles. The predicted octanol–water partition coefficient (Wildman–Crippen LogP) is 3.87. The van der Waals surface area contributed by atoms with Crippen LogP contribution < -0.4 is 0 Å². The molecule has 1 aliphatic rings. The lowest BCUT2D eigenvalue weighted by molar-refractivity contribution is -0.145. The number of hydrogen-bond donors (Lipinski definition) is 0. The maximum Gasteiger partial charge on any atom is 0.307 e. The van der Waals surface area contributed by atoms with Gasteiger partial charge in [-0.3, -0.25) is 14.5 Å². The Morgan fingerprint density at radius 1 is 1.11 bits per heavy atom. The lowest BCUT2D eigenvalue weighted by Crippen LogP contribution is -2.49. The van der Waals surface area contributed by atoms with Gasteiger partial charge >= 0.3 is 5.97 Å². The number of carbonyl (C=O) groups is 2. The Morgan fingerprint density at radius 2 is 1.75 bits per heavy atom. The van der Waals surface area contributed by atoms with Gasteiger partial charge in [0, 0.05) is 38.1 Å². The van der Waals surface area contributed by atoms with Crippen LogP contribution in [0.1, 0.15) is 58.4 Å². The van der Waals surface area contributed by atoms with Gasteiger partial charge in [0.25, 0.3) is 0 Å². The van der Waals surface area contributed by atoms with Crippen LogP contribution in [-0.2, 0) is 20.9 Å². The smallest absolute Gasteiger partial charge is 0.307 e. The van der Waals surface area contributed by atoms with Gasteiger partial charge < -0.3 is 9.64 Å². The number of hydrogen-bond acceptors (Lipinski definition) is 4. The van der Waals surface area contributed by atoms with Gasteiger partial charge in [-0.05, 0) is 38.2 Å². The molecule has 1 saturated heterocycles. The van der Waals surface area contributed by atoms with Crippen LogP contribution >= 0.6 is 0 Å². The molecular weight excluding hydrogens is 352 g/mol. The van der Waals surface area contributed by atoms with Gasteiger partial charge in [-0.25, -0.2) is 0 Å². The molecule has 0 N–H and O–H groups in total. The number of esters is 1. The summed E-state index contributed by atoms with van der Waals surface area (Å²) in [5.74, 6) is 0.0340. The van der Waals surface area contributed by atoms with Gasteiger partial charge in [0.1, 0.15) is 0 Å². The van der Waals surface area contributed by atoms with Crippen LogP contribution in [0.3, 0.4) is 0 Å². The third kappa shape index (κ3) is 6.62. The molecule has 156 valence electrons. The molecule has 1 fully saturated rings. The Hall–Kier alpha value is -1.88. The van der Waals surface area contributed by atoms with E-state index in [0.717, 1.165) is 45.3 Å². The van der Waals surface area contributed by atoms with Crippen LogP contribution in [-0.4, -0.2) is 54.0 Å². The highest BCUT2D eigenvalue weighted by Gasteiger charge is 2.31. The molecule has 0 saturated carbocycles. The minimum Gasteiger partial charge on any atom is -0.466 e. The Kier molecular flexibility index (Phi) is 9.48. The van der Waals surface area contributed by atoms with Gasteiger partial charge in [0.2, 0.25) is 5.91 Å². The fourth-order valence-electron chi connectivity index (χ4n) is 4.02. The molecule has 0 bridgehead atoms. The van der Waals surface area contributed by atoms with Gasteiger partial charge in [0.05, 0.1) is 13.0 Å². The molecular formula is C23H36N2O3. The molecule has 1 aromatic carbocycles. The van der Waals surface area contributed by atoms with Crippen molar-refractivity contribution in [3.8, 4) is 0 Å². The first-order valence-electron chi connectivity index (χ1n) is 10.8.